The summed E-state index contributed by atoms with van der Waals surface area (Å²) in [5.41, 5.74) is 1.47. The Labute approximate surface area is 140 Å². The number of fused-ring (bicyclic) bond motifs is 2. The summed E-state index contributed by atoms with van der Waals surface area (Å²) < 4.78 is 5.63. The number of benzene rings is 1. The molecule has 0 radical (unpaired) electrons. The van der Waals surface area contributed by atoms with Gasteiger partial charge in [-0.1, -0.05) is 12.1 Å². The normalized spacial score (nSPS) is 24.1. The van der Waals surface area contributed by atoms with E-state index in [1.807, 2.05) is 35.2 Å². The minimum atomic E-state index is -0.0722. The minimum Gasteiger partial charge on any atom is -0.366 e. The summed E-state index contributed by atoms with van der Waals surface area (Å²) in [7, 11) is 1.79. The lowest BCUT2D eigenvalue weighted by Crippen LogP contribution is -2.61. The van der Waals surface area contributed by atoms with Crippen molar-refractivity contribution in [2.75, 3.05) is 26.7 Å². The summed E-state index contributed by atoms with van der Waals surface area (Å²) in [5, 5.41) is 0.858. The van der Waals surface area contributed by atoms with E-state index in [0.717, 1.165) is 17.3 Å². The molecule has 0 unspecified atom stereocenters. The molecule has 4 rings (SSSR count). The van der Waals surface area contributed by atoms with Crippen molar-refractivity contribution >= 4 is 22.7 Å². The van der Waals surface area contributed by atoms with Crippen molar-refractivity contribution in [3.8, 4) is 0 Å². The van der Waals surface area contributed by atoms with Gasteiger partial charge in [0, 0.05) is 37.3 Å². The zero-order valence-corrected chi connectivity index (χ0v) is 13.5. The van der Waals surface area contributed by atoms with Crippen LogP contribution in [0.5, 0.6) is 0 Å². The Morgan fingerprint density at radius 3 is 3.04 bits per heavy atom. The van der Waals surface area contributed by atoms with E-state index in [4.69, 9.17) is 4.74 Å². The van der Waals surface area contributed by atoms with E-state index >= 15 is 0 Å². The van der Waals surface area contributed by atoms with Crippen LogP contribution in [0.4, 0.5) is 0 Å². The van der Waals surface area contributed by atoms with Gasteiger partial charge in [0.2, 0.25) is 5.91 Å². The molecule has 0 N–H and O–H groups in total. The maximum atomic E-state index is 13.0. The molecule has 2 aliphatic rings. The molecule has 2 saturated heterocycles. The maximum Gasteiger partial charge on any atom is 0.254 e. The van der Waals surface area contributed by atoms with Crippen molar-refractivity contribution in [1.29, 1.82) is 0 Å². The van der Waals surface area contributed by atoms with Gasteiger partial charge in [0.1, 0.15) is 6.61 Å². The molecule has 0 saturated carbocycles. The smallest absolute Gasteiger partial charge is 0.254 e. The summed E-state index contributed by atoms with van der Waals surface area (Å²) in [5.74, 6) is -0.0432. The number of hydrogen-bond donors (Lipinski definition) is 0. The van der Waals surface area contributed by atoms with Crippen LogP contribution in [0.3, 0.4) is 0 Å². The van der Waals surface area contributed by atoms with Crippen molar-refractivity contribution < 1.29 is 14.3 Å². The molecule has 2 fully saturated rings. The molecule has 0 spiro atoms. The van der Waals surface area contributed by atoms with Gasteiger partial charge < -0.3 is 14.5 Å². The molecule has 1 aromatic carbocycles. The van der Waals surface area contributed by atoms with E-state index in [1.54, 1.807) is 18.1 Å². The number of carbonyl (C=O) groups is 2. The summed E-state index contributed by atoms with van der Waals surface area (Å²) in [6.45, 7) is 1.28. The Balaban J connectivity index is 1.62. The Morgan fingerprint density at radius 2 is 2.17 bits per heavy atom. The fraction of sp³-hybridized carbons (Fsp3) is 0.389. The van der Waals surface area contributed by atoms with E-state index in [1.165, 1.54) is 0 Å². The van der Waals surface area contributed by atoms with Gasteiger partial charge in [0.25, 0.3) is 5.91 Å². The van der Waals surface area contributed by atoms with Gasteiger partial charge >= 0.3 is 0 Å². The maximum absolute atomic E-state index is 13.0. The molecule has 0 bridgehead atoms. The van der Waals surface area contributed by atoms with Crippen molar-refractivity contribution in [1.82, 2.24) is 14.8 Å². The average molecular weight is 325 g/mol. The Hall–Kier alpha value is -2.47. The Morgan fingerprint density at radius 1 is 1.29 bits per heavy atom. The molecule has 24 heavy (non-hydrogen) atoms. The van der Waals surface area contributed by atoms with Gasteiger partial charge in [-0.15, -0.1) is 0 Å². The third-order valence-corrected chi connectivity index (χ3v) is 5.00. The monoisotopic (exact) mass is 325 g/mol. The predicted octanol–water partition coefficient (Wildman–Crippen LogP) is 1.31. The SMILES string of the molecule is CN1C(=O)CO[C@@H]2CCN(C(=O)c3cccc4ncccc34)C[C@@H]21. The van der Waals surface area contributed by atoms with Gasteiger partial charge in [0.15, 0.2) is 0 Å². The molecule has 124 valence electrons. The number of ether oxygens (including phenoxy) is 1. The number of hydrogen-bond acceptors (Lipinski definition) is 4. The molecule has 6 nitrogen and oxygen atoms in total. The second-order valence-electron chi connectivity index (χ2n) is 6.34. The first-order chi connectivity index (χ1) is 11.6. The second-order valence-corrected chi connectivity index (χ2v) is 6.34. The van der Waals surface area contributed by atoms with Crippen LogP contribution in [0.15, 0.2) is 36.5 Å². The average Bonchev–Trinajstić information content (AvgIpc) is 2.63. The van der Waals surface area contributed by atoms with E-state index in [0.29, 0.717) is 18.7 Å². The third-order valence-electron chi connectivity index (χ3n) is 5.00. The number of rotatable bonds is 1. The fourth-order valence-corrected chi connectivity index (χ4v) is 3.59. The first kappa shape index (κ1) is 15.1. The van der Waals surface area contributed by atoms with Gasteiger partial charge in [-0.2, -0.15) is 0 Å². The third kappa shape index (κ3) is 2.43. The van der Waals surface area contributed by atoms with Crippen molar-refractivity contribution in [2.24, 2.45) is 0 Å². The number of carbonyl (C=O) groups excluding carboxylic acids is 2. The lowest BCUT2D eigenvalue weighted by atomic mass is 9.97. The summed E-state index contributed by atoms with van der Waals surface area (Å²) >= 11 is 0. The van der Waals surface area contributed by atoms with Crippen molar-refractivity contribution in [3.63, 3.8) is 0 Å². The first-order valence-corrected chi connectivity index (χ1v) is 8.15. The number of piperidine rings is 1. The number of aromatic nitrogens is 1. The van der Waals surface area contributed by atoms with Crippen LogP contribution < -0.4 is 0 Å². The topological polar surface area (TPSA) is 62.7 Å². The zero-order valence-electron chi connectivity index (χ0n) is 13.5. The zero-order chi connectivity index (χ0) is 16.7. The minimum absolute atomic E-state index is 0.0153. The van der Waals surface area contributed by atoms with E-state index in [-0.39, 0.29) is 30.6 Å². The van der Waals surface area contributed by atoms with E-state index < -0.39 is 0 Å². The van der Waals surface area contributed by atoms with Crippen LogP contribution in [-0.4, -0.2) is 65.5 Å². The van der Waals surface area contributed by atoms with Crippen LogP contribution in [-0.2, 0) is 9.53 Å². The van der Waals surface area contributed by atoms with Gasteiger partial charge in [0.05, 0.1) is 17.7 Å². The number of pyridine rings is 1. The molecule has 2 atom stereocenters. The number of morpholine rings is 1. The fourth-order valence-electron chi connectivity index (χ4n) is 3.59. The lowest BCUT2D eigenvalue weighted by molar-refractivity contribution is -0.159. The number of likely N-dealkylation sites (N-methyl/N-ethyl adjacent to an activating group) is 1. The van der Waals surface area contributed by atoms with Crippen LogP contribution in [0, 0.1) is 0 Å². The quantitative estimate of drug-likeness (QED) is 0.793. The first-order valence-electron chi connectivity index (χ1n) is 8.15. The molecular formula is C18H19N3O3. The highest BCUT2D eigenvalue weighted by molar-refractivity contribution is 6.06. The molecule has 0 aliphatic carbocycles. The number of nitrogens with zero attached hydrogens (tertiary/aromatic N) is 3. The summed E-state index contributed by atoms with van der Waals surface area (Å²) in [4.78, 5) is 32.7. The van der Waals surface area contributed by atoms with Crippen molar-refractivity contribution in [2.45, 2.75) is 18.6 Å². The van der Waals surface area contributed by atoms with Crippen molar-refractivity contribution in [3.05, 3.63) is 42.1 Å². The molecule has 6 heteroatoms. The van der Waals surface area contributed by atoms with Gasteiger partial charge in [-0.05, 0) is 24.6 Å². The summed E-state index contributed by atoms with van der Waals surface area (Å²) in [6.07, 6.45) is 2.49. The van der Waals surface area contributed by atoms with Crippen LogP contribution in [0.2, 0.25) is 0 Å². The summed E-state index contributed by atoms with van der Waals surface area (Å²) in [6, 6.07) is 9.28. The second kappa shape index (κ2) is 5.87. The molecule has 3 heterocycles. The van der Waals surface area contributed by atoms with Gasteiger partial charge in [-0.25, -0.2) is 0 Å². The highest BCUT2D eigenvalue weighted by Gasteiger charge is 2.40. The molecule has 2 amide bonds. The highest BCUT2D eigenvalue weighted by atomic mass is 16.5. The standard InChI is InChI=1S/C18H19N3O3/c1-20-15-10-21(9-7-16(15)24-11-17(20)22)18(23)13-4-2-6-14-12(13)5-3-8-19-14/h2-6,8,15-16H,7,9-11H2,1H3/t15-,16+/m0/s1. The molecule has 2 aromatic rings. The van der Waals surface area contributed by atoms with E-state index in [2.05, 4.69) is 4.98 Å². The van der Waals surface area contributed by atoms with Gasteiger partial charge in [-0.3, -0.25) is 14.6 Å². The highest BCUT2D eigenvalue weighted by Crippen LogP contribution is 2.25. The largest absolute Gasteiger partial charge is 0.366 e. The molecular weight excluding hydrogens is 306 g/mol. The van der Waals surface area contributed by atoms with E-state index in [9.17, 15) is 9.59 Å². The Bertz CT molecular complexity index is 802. The molecule has 2 aliphatic heterocycles. The molecule has 1 aromatic heterocycles. The van der Waals surface area contributed by atoms with Crippen LogP contribution in [0.1, 0.15) is 16.8 Å². The Kier molecular flexibility index (Phi) is 3.69. The number of likely N-dealkylation sites (tertiary alicyclic amines) is 1. The predicted molar refractivity (Wildman–Crippen MR) is 88.6 cm³/mol. The lowest BCUT2D eigenvalue weighted by Gasteiger charge is -2.45. The van der Waals surface area contributed by atoms with Crippen LogP contribution >= 0.6 is 0 Å². The van der Waals surface area contributed by atoms with Crippen LogP contribution in [0.25, 0.3) is 10.9 Å². The number of amides is 2.